The Morgan fingerprint density at radius 2 is 2.12 bits per heavy atom. The van der Waals surface area contributed by atoms with Gasteiger partial charge in [-0.25, -0.2) is 4.79 Å². The van der Waals surface area contributed by atoms with E-state index in [-0.39, 0.29) is 11.5 Å². The highest BCUT2D eigenvalue weighted by Gasteiger charge is 2.24. The third-order valence-electron chi connectivity index (χ3n) is 2.91. The zero-order valence-corrected chi connectivity index (χ0v) is 9.69. The van der Waals surface area contributed by atoms with Crippen LogP contribution in [-0.2, 0) is 4.79 Å². The molecule has 0 aliphatic heterocycles. The second-order valence-electron chi connectivity index (χ2n) is 4.53. The molecule has 1 aliphatic carbocycles. The third kappa shape index (κ3) is 3.06. The molecule has 2 N–H and O–H groups in total. The van der Waals surface area contributed by atoms with Crippen molar-refractivity contribution in [1.29, 1.82) is 0 Å². The molecule has 0 atom stereocenters. The van der Waals surface area contributed by atoms with E-state index in [1.54, 1.807) is 19.1 Å². The first-order valence-corrected chi connectivity index (χ1v) is 5.70. The predicted octanol–water partition coefficient (Wildman–Crippen LogP) is 2.43. The number of benzene rings is 1. The molecule has 90 valence electrons. The van der Waals surface area contributed by atoms with Gasteiger partial charge in [-0.1, -0.05) is 0 Å². The number of carboxylic acid groups (broad SMARTS) is 1. The van der Waals surface area contributed by atoms with Gasteiger partial charge in [0.2, 0.25) is 5.91 Å². The Bertz CT molecular complexity index is 464. The highest BCUT2D eigenvalue weighted by molar-refractivity contribution is 5.93. The van der Waals surface area contributed by atoms with Crippen LogP contribution in [0.3, 0.4) is 0 Å². The number of amides is 1. The monoisotopic (exact) mass is 233 g/mol. The van der Waals surface area contributed by atoms with E-state index in [0.29, 0.717) is 23.6 Å². The van der Waals surface area contributed by atoms with E-state index in [1.165, 1.54) is 6.07 Å². The molecule has 17 heavy (non-hydrogen) atoms. The molecule has 0 radical (unpaired) electrons. The van der Waals surface area contributed by atoms with Gasteiger partial charge in [0.25, 0.3) is 0 Å². The Kier molecular flexibility index (Phi) is 3.13. The van der Waals surface area contributed by atoms with Crippen LogP contribution in [0.5, 0.6) is 0 Å². The highest BCUT2D eigenvalue weighted by Crippen LogP contribution is 2.32. The van der Waals surface area contributed by atoms with Gasteiger partial charge in [-0.15, -0.1) is 0 Å². The van der Waals surface area contributed by atoms with Gasteiger partial charge in [0.15, 0.2) is 0 Å². The molecule has 2 rings (SSSR count). The number of aromatic carboxylic acids is 1. The minimum absolute atomic E-state index is 0.00924. The van der Waals surface area contributed by atoms with Crippen molar-refractivity contribution in [2.24, 2.45) is 5.92 Å². The summed E-state index contributed by atoms with van der Waals surface area (Å²) in [6.07, 6.45) is 2.86. The molecule has 0 aromatic heterocycles. The van der Waals surface area contributed by atoms with Gasteiger partial charge in [-0.05, 0) is 49.4 Å². The lowest BCUT2D eigenvalue weighted by Gasteiger charge is -2.07. The summed E-state index contributed by atoms with van der Waals surface area (Å²) >= 11 is 0. The molecule has 1 aromatic rings. The van der Waals surface area contributed by atoms with Gasteiger partial charge in [-0.2, -0.15) is 0 Å². The summed E-state index contributed by atoms with van der Waals surface area (Å²) in [6.45, 7) is 1.72. The molecule has 1 amide bonds. The summed E-state index contributed by atoms with van der Waals surface area (Å²) in [5, 5.41) is 11.7. The first kappa shape index (κ1) is 11.6. The summed E-state index contributed by atoms with van der Waals surface area (Å²) < 4.78 is 0. The Balaban J connectivity index is 2.03. The SMILES string of the molecule is Cc1cc(NC(=O)CC2CC2)ccc1C(=O)O. The van der Waals surface area contributed by atoms with Crippen molar-refractivity contribution in [1.82, 2.24) is 0 Å². The Labute approximate surface area is 99.6 Å². The average molecular weight is 233 g/mol. The number of anilines is 1. The average Bonchev–Trinajstić information content (AvgIpc) is 3.00. The van der Waals surface area contributed by atoms with E-state index in [4.69, 9.17) is 5.11 Å². The topological polar surface area (TPSA) is 66.4 Å². The Morgan fingerprint density at radius 1 is 1.41 bits per heavy atom. The number of nitrogens with one attached hydrogen (secondary N) is 1. The van der Waals surface area contributed by atoms with Gasteiger partial charge in [0.1, 0.15) is 0 Å². The lowest BCUT2D eigenvalue weighted by Crippen LogP contribution is -2.12. The van der Waals surface area contributed by atoms with E-state index >= 15 is 0 Å². The number of rotatable bonds is 4. The van der Waals surface area contributed by atoms with Crippen LogP contribution in [0.25, 0.3) is 0 Å². The lowest BCUT2D eigenvalue weighted by atomic mass is 10.1. The first-order chi connectivity index (χ1) is 8.06. The normalized spacial score (nSPS) is 14.4. The molecule has 1 aromatic carbocycles. The van der Waals surface area contributed by atoms with Crippen molar-refractivity contribution in [3.8, 4) is 0 Å². The van der Waals surface area contributed by atoms with Crippen LogP contribution in [0.4, 0.5) is 5.69 Å². The van der Waals surface area contributed by atoms with Crippen molar-refractivity contribution in [2.75, 3.05) is 5.32 Å². The number of hydrogen-bond donors (Lipinski definition) is 2. The van der Waals surface area contributed by atoms with Gasteiger partial charge < -0.3 is 10.4 Å². The zero-order chi connectivity index (χ0) is 12.4. The fraction of sp³-hybridized carbons (Fsp3) is 0.385. The predicted molar refractivity (Wildman–Crippen MR) is 64.1 cm³/mol. The number of carboxylic acids is 1. The van der Waals surface area contributed by atoms with Crippen molar-refractivity contribution in [3.05, 3.63) is 29.3 Å². The molecule has 1 saturated carbocycles. The fourth-order valence-electron chi connectivity index (χ4n) is 1.78. The minimum Gasteiger partial charge on any atom is -0.478 e. The van der Waals surface area contributed by atoms with E-state index in [9.17, 15) is 9.59 Å². The summed E-state index contributed by atoms with van der Waals surface area (Å²) in [7, 11) is 0. The number of aryl methyl sites for hydroxylation is 1. The van der Waals surface area contributed by atoms with Crippen LogP contribution < -0.4 is 5.32 Å². The van der Waals surface area contributed by atoms with Crippen LogP contribution in [0.1, 0.15) is 35.2 Å². The molecular formula is C13H15NO3. The van der Waals surface area contributed by atoms with Crippen LogP contribution >= 0.6 is 0 Å². The first-order valence-electron chi connectivity index (χ1n) is 5.70. The van der Waals surface area contributed by atoms with Crippen molar-refractivity contribution in [2.45, 2.75) is 26.2 Å². The number of carbonyl (C=O) groups excluding carboxylic acids is 1. The van der Waals surface area contributed by atoms with Crippen molar-refractivity contribution >= 4 is 17.6 Å². The molecule has 4 heteroatoms. The molecule has 0 unspecified atom stereocenters. The smallest absolute Gasteiger partial charge is 0.335 e. The number of carbonyl (C=O) groups is 2. The summed E-state index contributed by atoms with van der Waals surface area (Å²) in [5.74, 6) is -0.386. The molecule has 0 spiro atoms. The van der Waals surface area contributed by atoms with E-state index < -0.39 is 5.97 Å². The van der Waals surface area contributed by atoms with Gasteiger partial charge in [-0.3, -0.25) is 4.79 Å². The molecule has 1 aliphatic rings. The summed E-state index contributed by atoms with van der Waals surface area (Å²) in [6, 6.07) is 4.83. The summed E-state index contributed by atoms with van der Waals surface area (Å²) in [5.41, 5.74) is 1.59. The fourth-order valence-corrected chi connectivity index (χ4v) is 1.78. The van der Waals surface area contributed by atoms with Crippen LogP contribution in [0, 0.1) is 12.8 Å². The van der Waals surface area contributed by atoms with E-state index in [1.807, 2.05) is 0 Å². The highest BCUT2D eigenvalue weighted by atomic mass is 16.4. The van der Waals surface area contributed by atoms with Gasteiger partial charge in [0.05, 0.1) is 5.56 Å². The molecule has 0 saturated heterocycles. The van der Waals surface area contributed by atoms with E-state index in [0.717, 1.165) is 12.8 Å². The minimum atomic E-state index is -0.946. The molecule has 4 nitrogen and oxygen atoms in total. The largest absolute Gasteiger partial charge is 0.478 e. The third-order valence-corrected chi connectivity index (χ3v) is 2.91. The number of hydrogen-bond acceptors (Lipinski definition) is 2. The van der Waals surface area contributed by atoms with Crippen molar-refractivity contribution < 1.29 is 14.7 Å². The maximum Gasteiger partial charge on any atom is 0.335 e. The standard InChI is InChI=1S/C13H15NO3/c1-8-6-10(4-5-11(8)13(16)17)14-12(15)7-9-2-3-9/h4-6,9H,2-3,7H2,1H3,(H,14,15)(H,16,17). The molecule has 0 bridgehead atoms. The van der Waals surface area contributed by atoms with Crippen LogP contribution in [-0.4, -0.2) is 17.0 Å². The maximum absolute atomic E-state index is 11.6. The second-order valence-corrected chi connectivity index (χ2v) is 4.53. The van der Waals surface area contributed by atoms with Gasteiger partial charge >= 0.3 is 5.97 Å². The van der Waals surface area contributed by atoms with Crippen LogP contribution in [0.2, 0.25) is 0 Å². The van der Waals surface area contributed by atoms with Crippen LogP contribution in [0.15, 0.2) is 18.2 Å². The van der Waals surface area contributed by atoms with Crippen molar-refractivity contribution in [3.63, 3.8) is 0 Å². The Morgan fingerprint density at radius 3 is 2.65 bits per heavy atom. The molecular weight excluding hydrogens is 218 g/mol. The maximum atomic E-state index is 11.6. The quantitative estimate of drug-likeness (QED) is 0.839. The summed E-state index contributed by atoms with van der Waals surface area (Å²) in [4.78, 5) is 22.4. The van der Waals surface area contributed by atoms with E-state index in [2.05, 4.69) is 5.32 Å². The molecule has 0 heterocycles. The molecule has 1 fully saturated rings. The lowest BCUT2D eigenvalue weighted by molar-refractivity contribution is -0.116. The van der Waals surface area contributed by atoms with Gasteiger partial charge in [0, 0.05) is 12.1 Å². The zero-order valence-electron chi connectivity index (χ0n) is 9.69. The Hall–Kier alpha value is -1.84. The second kappa shape index (κ2) is 4.57.